The van der Waals surface area contributed by atoms with E-state index in [0.717, 1.165) is 28.8 Å². The quantitative estimate of drug-likeness (QED) is 0.486. The lowest BCUT2D eigenvalue weighted by Crippen LogP contribution is -3.00. The Kier molecular flexibility index (Phi) is 5.67. The number of ether oxygens (including phenoxy) is 1. The van der Waals surface area contributed by atoms with Gasteiger partial charge in [0.25, 0.3) is 0 Å². The van der Waals surface area contributed by atoms with E-state index in [2.05, 4.69) is 7.05 Å². The van der Waals surface area contributed by atoms with E-state index in [1.165, 1.54) is 70.9 Å². The molecule has 4 heteroatoms. The highest BCUT2D eigenvalue weighted by atomic mass is 127. The first-order valence-electron chi connectivity index (χ1n) is 9.70. The Hall–Kier alpha value is 0.610. The van der Waals surface area contributed by atoms with Crippen molar-refractivity contribution in [3.63, 3.8) is 0 Å². The van der Waals surface area contributed by atoms with Crippen LogP contribution >= 0.6 is 0 Å². The van der Waals surface area contributed by atoms with Crippen LogP contribution in [0.3, 0.4) is 0 Å². The maximum absolute atomic E-state index is 10.5. The van der Waals surface area contributed by atoms with Crippen LogP contribution in [0.15, 0.2) is 0 Å². The highest BCUT2D eigenvalue weighted by molar-refractivity contribution is 5.03. The van der Waals surface area contributed by atoms with Crippen molar-refractivity contribution in [2.45, 2.75) is 69.5 Å². The maximum atomic E-state index is 10.5. The van der Waals surface area contributed by atoms with Crippen molar-refractivity contribution >= 4 is 0 Å². The number of halogens is 1. The number of hydrogen-bond acceptors (Lipinski definition) is 2. The molecule has 1 heterocycles. The third-order valence-electron chi connectivity index (χ3n) is 7.11. The topological polar surface area (TPSA) is 29.5 Å². The SMILES string of the molecule is C[N+]1(CC(O)COC23CC4CC(CC(C4)C2)C3)CCCCC1.[I-]. The number of nitrogens with zero attached hydrogens (tertiary/aromatic N) is 1. The van der Waals surface area contributed by atoms with E-state index in [1.807, 2.05) is 0 Å². The summed E-state index contributed by atoms with van der Waals surface area (Å²) in [6.07, 6.45) is 11.9. The fourth-order valence-electron chi connectivity index (χ4n) is 6.50. The van der Waals surface area contributed by atoms with Gasteiger partial charge in [0.15, 0.2) is 0 Å². The lowest BCUT2D eigenvalue weighted by Gasteiger charge is -2.56. The summed E-state index contributed by atoms with van der Waals surface area (Å²) in [4.78, 5) is 0. The molecule has 23 heavy (non-hydrogen) atoms. The van der Waals surface area contributed by atoms with E-state index in [4.69, 9.17) is 4.74 Å². The number of piperidine rings is 1. The molecule has 0 aromatic carbocycles. The molecule has 0 aromatic rings. The Morgan fingerprint density at radius 3 is 2.04 bits per heavy atom. The van der Waals surface area contributed by atoms with E-state index in [0.29, 0.717) is 6.61 Å². The molecule has 0 aromatic heterocycles. The smallest absolute Gasteiger partial charge is 0.126 e. The van der Waals surface area contributed by atoms with Crippen LogP contribution in [0.2, 0.25) is 0 Å². The monoisotopic (exact) mass is 435 g/mol. The molecule has 3 nitrogen and oxygen atoms in total. The van der Waals surface area contributed by atoms with Gasteiger partial charge in [-0.3, -0.25) is 0 Å². The largest absolute Gasteiger partial charge is 1.00 e. The Morgan fingerprint density at radius 2 is 1.52 bits per heavy atom. The summed E-state index contributed by atoms with van der Waals surface area (Å²) in [7, 11) is 2.31. The lowest BCUT2D eigenvalue weighted by molar-refractivity contribution is -0.916. The number of quaternary nitrogens is 1. The van der Waals surface area contributed by atoms with Gasteiger partial charge in [0.1, 0.15) is 12.6 Å². The van der Waals surface area contributed by atoms with Crippen LogP contribution in [-0.4, -0.2) is 54.6 Å². The van der Waals surface area contributed by atoms with Crippen LogP contribution in [0.5, 0.6) is 0 Å². The Morgan fingerprint density at radius 1 is 1.00 bits per heavy atom. The summed E-state index contributed by atoms with van der Waals surface area (Å²) < 4.78 is 7.48. The molecule has 1 unspecified atom stereocenters. The van der Waals surface area contributed by atoms with Crippen molar-refractivity contribution in [2.24, 2.45) is 17.8 Å². The van der Waals surface area contributed by atoms with E-state index >= 15 is 0 Å². The molecule has 1 N–H and O–H groups in total. The molecule has 5 fully saturated rings. The van der Waals surface area contributed by atoms with Crippen molar-refractivity contribution in [3.05, 3.63) is 0 Å². The molecular formula is C19H34INO2. The van der Waals surface area contributed by atoms with Crippen LogP contribution in [0.4, 0.5) is 0 Å². The number of likely N-dealkylation sites (N-methyl/N-ethyl adjacent to an activating group) is 1. The fourth-order valence-corrected chi connectivity index (χ4v) is 6.50. The maximum Gasteiger partial charge on any atom is 0.126 e. The van der Waals surface area contributed by atoms with Gasteiger partial charge in [0.2, 0.25) is 0 Å². The first-order chi connectivity index (χ1) is 10.5. The summed E-state index contributed by atoms with van der Waals surface area (Å²) in [5, 5.41) is 10.5. The molecule has 0 amide bonds. The molecule has 1 aliphatic heterocycles. The second kappa shape index (κ2) is 7.08. The summed E-state index contributed by atoms with van der Waals surface area (Å²) in [5.41, 5.74) is 0.149. The first kappa shape index (κ1) is 18.4. The average Bonchev–Trinajstić information content (AvgIpc) is 2.44. The number of aliphatic hydroxyl groups is 1. The van der Waals surface area contributed by atoms with Crippen LogP contribution < -0.4 is 24.0 Å². The van der Waals surface area contributed by atoms with Gasteiger partial charge < -0.3 is 38.3 Å². The minimum Gasteiger partial charge on any atom is -1.00 e. The zero-order chi connectivity index (χ0) is 15.2. The minimum absolute atomic E-state index is 0. The normalized spacial score (nSPS) is 42.3. The van der Waals surface area contributed by atoms with Crippen LogP contribution in [-0.2, 0) is 4.74 Å². The Bertz CT molecular complexity index is 373. The zero-order valence-electron chi connectivity index (χ0n) is 14.7. The minimum atomic E-state index is -0.281. The van der Waals surface area contributed by atoms with E-state index in [-0.39, 0.29) is 35.7 Å². The third kappa shape index (κ3) is 4.06. The zero-order valence-corrected chi connectivity index (χ0v) is 16.8. The van der Waals surface area contributed by atoms with E-state index in [9.17, 15) is 5.11 Å². The van der Waals surface area contributed by atoms with Gasteiger partial charge in [-0.05, 0) is 75.5 Å². The molecule has 4 bridgehead atoms. The van der Waals surface area contributed by atoms with E-state index in [1.54, 1.807) is 0 Å². The highest BCUT2D eigenvalue weighted by Crippen LogP contribution is 2.57. The molecular weight excluding hydrogens is 401 g/mol. The van der Waals surface area contributed by atoms with Crippen LogP contribution in [0.25, 0.3) is 0 Å². The van der Waals surface area contributed by atoms with Gasteiger partial charge in [-0.1, -0.05) is 0 Å². The fraction of sp³-hybridized carbons (Fsp3) is 1.00. The van der Waals surface area contributed by atoms with Gasteiger partial charge in [0.05, 0.1) is 32.3 Å². The molecule has 5 aliphatic rings. The van der Waals surface area contributed by atoms with Gasteiger partial charge >= 0.3 is 0 Å². The molecule has 4 saturated carbocycles. The second-order valence-corrected chi connectivity index (χ2v) is 9.38. The van der Waals surface area contributed by atoms with E-state index < -0.39 is 0 Å². The number of aliphatic hydroxyl groups excluding tert-OH is 1. The molecule has 5 rings (SSSR count). The van der Waals surface area contributed by atoms with Crippen LogP contribution in [0.1, 0.15) is 57.8 Å². The molecule has 1 atom stereocenters. The summed E-state index contributed by atoms with van der Waals surface area (Å²) in [5.74, 6) is 2.78. The third-order valence-corrected chi connectivity index (χ3v) is 7.11. The molecule has 0 spiro atoms. The molecule has 1 saturated heterocycles. The van der Waals surface area contributed by atoms with Gasteiger partial charge in [-0.15, -0.1) is 0 Å². The Labute approximate surface area is 158 Å². The predicted molar refractivity (Wildman–Crippen MR) is 87.5 cm³/mol. The predicted octanol–water partition coefficient (Wildman–Crippen LogP) is -0.0328. The van der Waals surface area contributed by atoms with Gasteiger partial charge in [-0.2, -0.15) is 0 Å². The lowest BCUT2D eigenvalue weighted by atomic mass is 9.54. The van der Waals surface area contributed by atoms with Gasteiger partial charge in [-0.25, -0.2) is 0 Å². The Balaban J connectivity index is 0.00000156. The highest BCUT2D eigenvalue weighted by Gasteiger charge is 2.51. The van der Waals surface area contributed by atoms with Crippen molar-refractivity contribution in [3.8, 4) is 0 Å². The average molecular weight is 435 g/mol. The first-order valence-corrected chi connectivity index (χ1v) is 9.70. The number of likely N-dealkylation sites (tertiary alicyclic amines) is 1. The summed E-state index contributed by atoms with van der Waals surface area (Å²) >= 11 is 0. The number of hydrogen-bond donors (Lipinski definition) is 1. The van der Waals surface area contributed by atoms with Crippen molar-refractivity contribution in [1.82, 2.24) is 0 Å². The van der Waals surface area contributed by atoms with Crippen molar-refractivity contribution in [2.75, 3.05) is 33.3 Å². The molecule has 134 valence electrons. The standard InChI is InChI=1S/C19H34NO2.HI/c1-20(5-3-2-4-6-20)13-18(21)14-22-19-10-15-7-16(11-19)9-17(8-15)12-19;/h15-18,21H,2-14H2,1H3;1H/q+1;/p-1. The second-order valence-electron chi connectivity index (χ2n) is 9.38. The van der Waals surface area contributed by atoms with Gasteiger partial charge in [0, 0.05) is 0 Å². The number of rotatable bonds is 5. The summed E-state index contributed by atoms with van der Waals surface area (Å²) in [6, 6.07) is 0. The van der Waals surface area contributed by atoms with Crippen molar-refractivity contribution in [1.29, 1.82) is 0 Å². The summed E-state index contributed by atoms with van der Waals surface area (Å²) in [6.45, 7) is 3.91. The van der Waals surface area contributed by atoms with Crippen molar-refractivity contribution < 1.29 is 38.3 Å². The molecule has 4 aliphatic carbocycles. The van der Waals surface area contributed by atoms with Crippen LogP contribution in [0, 0.1) is 17.8 Å². The molecule has 0 radical (unpaired) electrons.